The molecule has 0 fully saturated rings. The third kappa shape index (κ3) is 4.63. The highest BCUT2D eigenvalue weighted by atomic mass is 79.9. The van der Waals surface area contributed by atoms with E-state index in [1.54, 1.807) is 12.1 Å². The summed E-state index contributed by atoms with van der Waals surface area (Å²) in [6, 6.07) is 4.70. The standard InChI is InChI=1S/C15H20BrNO3/c1-9(15(2,3)4)7-13(18)17-12-8-10(16)5-6-11(12)14(19)20/h5-6,8-9H,7H2,1-4H3,(H,17,18)(H,19,20). The van der Waals surface area contributed by atoms with Crippen LogP contribution in [-0.4, -0.2) is 17.0 Å². The first kappa shape index (κ1) is 16.7. The fourth-order valence-electron chi connectivity index (χ4n) is 1.59. The summed E-state index contributed by atoms with van der Waals surface area (Å²) in [4.78, 5) is 23.2. The average molecular weight is 342 g/mol. The molecule has 110 valence electrons. The third-order valence-electron chi connectivity index (χ3n) is 3.46. The van der Waals surface area contributed by atoms with Gasteiger partial charge in [-0.3, -0.25) is 4.79 Å². The van der Waals surface area contributed by atoms with Gasteiger partial charge in [0.1, 0.15) is 0 Å². The molecule has 0 saturated heterocycles. The SMILES string of the molecule is CC(CC(=O)Nc1cc(Br)ccc1C(=O)O)C(C)(C)C. The van der Waals surface area contributed by atoms with Crippen LogP contribution in [0.2, 0.25) is 0 Å². The zero-order valence-corrected chi connectivity index (χ0v) is 13.7. The maximum absolute atomic E-state index is 12.0. The van der Waals surface area contributed by atoms with Crippen molar-refractivity contribution in [2.45, 2.75) is 34.1 Å². The van der Waals surface area contributed by atoms with Gasteiger partial charge in [-0.2, -0.15) is 0 Å². The summed E-state index contributed by atoms with van der Waals surface area (Å²) in [7, 11) is 0. The van der Waals surface area contributed by atoms with Crippen LogP contribution < -0.4 is 5.32 Å². The molecule has 0 aliphatic heterocycles. The van der Waals surface area contributed by atoms with E-state index in [4.69, 9.17) is 5.11 Å². The summed E-state index contributed by atoms with van der Waals surface area (Å²) in [5.41, 5.74) is 0.437. The summed E-state index contributed by atoms with van der Waals surface area (Å²) >= 11 is 3.27. The molecule has 4 nitrogen and oxygen atoms in total. The quantitative estimate of drug-likeness (QED) is 0.863. The van der Waals surface area contributed by atoms with Gasteiger partial charge in [-0.25, -0.2) is 4.79 Å². The Morgan fingerprint density at radius 2 is 1.95 bits per heavy atom. The minimum absolute atomic E-state index is 0.0320. The number of nitrogens with one attached hydrogen (secondary N) is 1. The Hall–Kier alpha value is -1.36. The molecule has 2 N–H and O–H groups in total. The second kappa shape index (κ2) is 6.39. The first-order chi connectivity index (χ1) is 9.11. The number of carboxylic acids is 1. The molecule has 5 heteroatoms. The van der Waals surface area contributed by atoms with Crippen molar-refractivity contribution in [2.75, 3.05) is 5.32 Å². The molecule has 0 bridgehead atoms. The molecule has 1 rings (SSSR count). The molecular formula is C15H20BrNO3. The Kier molecular flexibility index (Phi) is 5.34. The fourth-order valence-corrected chi connectivity index (χ4v) is 1.95. The summed E-state index contributed by atoms with van der Waals surface area (Å²) in [5.74, 6) is -1.03. The van der Waals surface area contributed by atoms with Gasteiger partial charge in [0.25, 0.3) is 0 Å². The van der Waals surface area contributed by atoms with Crippen molar-refractivity contribution in [3.05, 3.63) is 28.2 Å². The molecule has 20 heavy (non-hydrogen) atoms. The topological polar surface area (TPSA) is 66.4 Å². The van der Waals surface area contributed by atoms with E-state index in [0.717, 1.165) is 4.47 Å². The number of carbonyl (C=O) groups is 2. The first-order valence-electron chi connectivity index (χ1n) is 6.44. The summed E-state index contributed by atoms with van der Waals surface area (Å²) in [6.07, 6.45) is 0.356. The second-order valence-electron chi connectivity index (χ2n) is 6.01. The Bertz CT molecular complexity index is 520. The molecule has 0 aliphatic carbocycles. The lowest BCUT2D eigenvalue weighted by Crippen LogP contribution is -2.24. The molecule has 0 aliphatic rings. The lowest BCUT2D eigenvalue weighted by atomic mass is 9.80. The highest BCUT2D eigenvalue weighted by Gasteiger charge is 2.23. The van der Waals surface area contributed by atoms with Crippen LogP contribution in [0, 0.1) is 11.3 Å². The molecule has 1 aromatic carbocycles. The molecule has 0 heterocycles. The molecule has 0 saturated carbocycles. The van der Waals surface area contributed by atoms with Gasteiger partial charge >= 0.3 is 5.97 Å². The van der Waals surface area contributed by atoms with Gasteiger partial charge in [-0.15, -0.1) is 0 Å². The van der Waals surface area contributed by atoms with Crippen LogP contribution in [0.3, 0.4) is 0 Å². The van der Waals surface area contributed by atoms with E-state index in [0.29, 0.717) is 12.1 Å². The molecule has 0 spiro atoms. The largest absolute Gasteiger partial charge is 0.478 e. The minimum Gasteiger partial charge on any atom is -0.478 e. The number of hydrogen-bond donors (Lipinski definition) is 2. The zero-order valence-electron chi connectivity index (χ0n) is 12.2. The van der Waals surface area contributed by atoms with Crippen molar-refractivity contribution in [3.63, 3.8) is 0 Å². The van der Waals surface area contributed by atoms with Gasteiger partial charge in [-0.1, -0.05) is 43.6 Å². The van der Waals surface area contributed by atoms with Crippen molar-refractivity contribution >= 4 is 33.5 Å². The van der Waals surface area contributed by atoms with Gasteiger partial charge in [0.15, 0.2) is 0 Å². The van der Waals surface area contributed by atoms with Crippen LogP contribution in [0.15, 0.2) is 22.7 Å². The number of anilines is 1. The molecule has 0 radical (unpaired) electrons. The van der Waals surface area contributed by atoms with Gasteiger partial charge in [0, 0.05) is 10.9 Å². The Balaban J connectivity index is 2.86. The van der Waals surface area contributed by atoms with Crippen molar-refractivity contribution < 1.29 is 14.7 Å². The lowest BCUT2D eigenvalue weighted by molar-refractivity contribution is -0.117. The van der Waals surface area contributed by atoms with E-state index >= 15 is 0 Å². The number of halogens is 1. The smallest absolute Gasteiger partial charge is 0.337 e. The fraction of sp³-hybridized carbons (Fsp3) is 0.467. The monoisotopic (exact) mass is 341 g/mol. The van der Waals surface area contributed by atoms with Crippen molar-refractivity contribution in [3.8, 4) is 0 Å². The molecular weight excluding hydrogens is 322 g/mol. The van der Waals surface area contributed by atoms with Crippen molar-refractivity contribution in [1.29, 1.82) is 0 Å². The zero-order chi connectivity index (χ0) is 15.5. The van der Waals surface area contributed by atoms with E-state index in [1.807, 2.05) is 6.92 Å². The number of benzene rings is 1. The maximum atomic E-state index is 12.0. The van der Waals surface area contributed by atoms with Gasteiger partial charge < -0.3 is 10.4 Å². The molecule has 1 unspecified atom stereocenters. The van der Waals surface area contributed by atoms with Gasteiger partial charge in [0.2, 0.25) is 5.91 Å². The molecule has 1 amide bonds. The predicted octanol–water partition coefficient (Wildman–Crippen LogP) is 4.16. The van der Waals surface area contributed by atoms with Crippen LogP contribution in [0.5, 0.6) is 0 Å². The number of rotatable bonds is 4. The number of amides is 1. The highest BCUT2D eigenvalue weighted by Crippen LogP contribution is 2.29. The van der Waals surface area contributed by atoms with Crippen molar-refractivity contribution in [2.24, 2.45) is 11.3 Å². The maximum Gasteiger partial charge on any atom is 0.337 e. The second-order valence-corrected chi connectivity index (χ2v) is 6.93. The summed E-state index contributed by atoms with van der Waals surface area (Å²) < 4.78 is 0.724. The average Bonchev–Trinajstić information content (AvgIpc) is 2.26. The van der Waals surface area contributed by atoms with E-state index in [2.05, 4.69) is 42.0 Å². The van der Waals surface area contributed by atoms with Gasteiger partial charge in [-0.05, 0) is 29.5 Å². The van der Waals surface area contributed by atoms with E-state index in [1.165, 1.54) is 6.07 Å². The lowest BCUT2D eigenvalue weighted by Gasteiger charge is -2.26. The highest BCUT2D eigenvalue weighted by molar-refractivity contribution is 9.10. The number of hydrogen-bond acceptors (Lipinski definition) is 2. The van der Waals surface area contributed by atoms with Crippen LogP contribution >= 0.6 is 15.9 Å². The van der Waals surface area contributed by atoms with Crippen LogP contribution in [0.25, 0.3) is 0 Å². The normalized spacial score (nSPS) is 12.8. The Morgan fingerprint density at radius 1 is 1.35 bits per heavy atom. The van der Waals surface area contributed by atoms with Crippen LogP contribution in [0.4, 0.5) is 5.69 Å². The number of carbonyl (C=O) groups excluding carboxylic acids is 1. The minimum atomic E-state index is -1.06. The summed E-state index contributed by atoms with van der Waals surface area (Å²) in [5, 5.41) is 11.8. The van der Waals surface area contributed by atoms with E-state index in [9.17, 15) is 9.59 Å². The van der Waals surface area contributed by atoms with E-state index in [-0.39, 0.29) is 22.8 Å². The molecule has 0 aromatic heterocycles. The first-order valence-corrected chi connectivity index (χ1v) is 7.23. The van der Waals surface area contributed by atoms with Gasteiger partial charge in [0.05, 0.1) is 11.3 Å². The van der Waals surface area contributed by atoms with Crippen LogP contribution in [0.1, 0.15) is 44.5 Å². The molecule has 1 aromatic rings. The van der Waals surface area contributed by atoms with Crippen LogP contribution in [-0.2, 0) is 4.79 Å². The Labute approximate surface area is 127 Å². The number of aromatic carboxylic acids is 1. The Morgan fingerprint density at radius 3 is 2.45 bits per heavy atom. The number of carboxylic acid groups (broad SMARTS) is 1. The summed E-state index contributed by atoms with van der Waals surface area (Å²) in [6.45, 7) is 8.24. The predicted molar refractivity (Wildman–Crippen MR) is 83.0 cm³/mol. The van der Waals surface area contributed by atoms with Crippen molar-refractivity contribution in [1.82, 2.24) is 0 Å². The third-order valence-corrected chi connectivity index (χ3v) is 3.95. The molecule has 1 atom stereocenters. The van der Waals surface area contributed by atoms with E-state index < -0.39 is 5.97 Å².